The molecule has 18 heavy (non-hydrogen) atoms. The first-order chi connectivity index (χ1) is 7.79. The fourth-order valence-corrected chi connectivity index (χ4v) is 7.99. The molecule has 0 bridgehead atoms. The van der Waals surface area contributed by atoms with Crippen molar-refractivity contribution in [2.75, 3.05) is 0 Å². The maximum absolute atomic E-state index is 2.44. The van der Waals surface area contributed by atoms with Crippen LogP contribution in [0.25, 0.3) is 0 Å². The Bertz CT molecular complexity index is 420. The van der Waals surface area contributed by atoms with Crippen LogP contribution < -0.4 is 24.8 Å². The molecule has 0 spiro atoms. The summed E-state index contributed by atoms with van der Waals surface area (Å²) in [5.74, 6) is 0. The van der Waals surface area contributed by atoms with E-state index in [4.69, 9.17) is 0 Å². The van der Waals surface area contributed by atoms with Crippen molar-refractivity contribution in [3.8, 4) is 0 Å². The van der Waals surface area contributed by atoms with Crippen molar-refractivity contribution in [1.29, 1.82) is 0 Å². The molecule has 2 rings (SSSR count). The predicted octanol–water partition coefficient (Wildman–Crippen LogP) is -2.74. The second-order valence-corrected chi connectivity index (χ2v) is 10.4. The molecule has 0 saturated carbocycles. The first-order valence-electron chi connectivity index (χ1n) is 5.92. The molecule has 0 N–H and O–H groups in total. The molecule has 1 unspecified atom stereocenters. The Morgan fingerprint density at radius 1 is 1.33 bits per heavy atom. The van der Waals surface area contributed by atoms with Crippen LogP contribution in [0.2, 0.25) is 5.54 Å². The summed E-state index contributed by atoms with van der Waals surface area (Å²) < 4.78 is 3.56. The van der Waals surface area contributed by atoms with Gasteiger partial charge in [-0.1, -0.05) is 0 Å². The van der Waals surface area contributed by atoms with Gasteiger partial charge < -0.3 is 24.8 Å². The van der Waals surface area contributed by atoms with E-state index in [0.29, 0.717) is 0 Å². The smallest absolute Gasteiger partial charge is 1.00 e. The van der Waals surface area contributed by atoms with Crippen molar-refractivity contribution < 1.29 is 48.0 Å². The van der Waals surface area contributed by atoms with Gasteiger partial charge in [0.15, 0.2) is 0 Å². The number of hydrogen-bond donors (Lipinski definition) is 0. The van der Waals surface area contributed by atoms with E-state index >= 15 is 0 Å². The van der Waals surface area contributed by atoms with Crippen LogP contribution >= 0.6 is 0 Å². The predicted molar refractivity (Wildman–Crippen MR) is 70.8 cm³/mol. The molecule has 0 heterocycles. The van der Waals surface area contributed by atoms with E-state index < -0.39 is 23.2 Å². The minimum Gasteiger partial charge on any atom is -1.00 e. The summed E-state index contributed by atoms with van der Waals surface area (Å²) in [6, 6.07) is 0. The van der Waals surface area contributed by atoms with E-state index in [2.05, 4.69) is 56.4 Å². The molecule has 96 valence electrons. The normalized spacial score (nSPS) is 21.4. The molecule has 0 aromatic rings. The van der Waals surface area contributed by atoms with Crippen molar-refractivity contribution in [2.45, 2.75) is 25.8 Å². The van der Waals surface area contributed by atoms with Crippen LogP contribution in [-0.4, -0.2) is 9.52 Å². The van der Waals surface area contributed by atoms with Gasteiger partial charge >= 0.3 is 113 Å². The quantitative estimate of drug-likeness (QED) is 0.467. The van der Waals surface area contributed by atoms with Gasteiger partial charge in [-0.25, -0.2) is 0 Å². The molecule has 0 radical (unpaired) electrons. The Morgan fingerprint density at radius 3 is 2.72 bits per heavy atom. The standard InChI is InChI=1S/C9H13Si.C5H5.2ClH.Zr/c1-3-8(2)10-9-6-4-5-7-9;1-2-4-5-3-1;;;/h3-6,9H,10H2,1-2H3;1-3H,4H2;2*1H;/q;;;;+2/p-2/b8-3+;;;;. The Hall–Kier alpha value is 0.380. The molecule has 0 aromatic carbocycles. The van der Waals surface area contributed by atoms with Crippen LogP contribution in [-0.2, 0) is 23.2 Å². The van der Waals surface area contributed by atoms with Crippen molar-refractivity contribution in [2.24, 2.45) is 0 Å². The second-order valence-electron chi connectivity index (χ2n) is 4.40. The van der Waals surface area contributed by atoms with Gasteiger partial charge in [-0.3, -0.25) is 0 Å². The first kappa shape index (κ1) is 18.4. The molecule has 2 aliphatic rings. The maximum Gasteiger partial charge on any atom is -1.00 e. The summed E-state index contributed by atoms with van der Waals surface area (Å²) >= 11 is -0.424. The Labute approximate surface area is 137 Å². The van der Waals surface area contributed by atoms with Gasteiger partial charge in [0.25, 0.3) is 0 Å². The van der Waals surface area contributed by atoms with Crippen molar-refractivity contribution >= 4 is 9.52 Å². The zero-order valence-corrected chi connectivity index (χ0v) is 16.2. The van der Waals surface area contributed by atoms with Crippen molar-refractivity contribution in [3.05, 3.63) is 54.3 Å². The van der Waals surface area contributed by atoms with E-state index in [0.717, 1.165) is 5.54 Å². The Morgan fingerprint density at radius 2 is 2.11 bits per heavy atom. The minimum absolute atomic E-state index is 0. The molecule has 0 aliphatic heterocycles. The third kappa shape index (κ3) is 5.17. The van der Waals surface area contributed by atoms with Gasteiger partial charge in [0.05, 0.1) is 0 Å². The molecule has 4 heteroatoms. The van der Waals surface area contributed by atoms with Gasteiger partial charge in [0, 0.05) is 0 Å². The molecular weight excluding hydrogens is 358 g/mol. The Kier molecular flexibility index (Phi) is 9.51. The van der Waals surface area contributed by atoms with Gasteiger partial charge in [0.1, 0.15) is 0 Å². The maximum atomic E-state index is 2.44. The average molecular weight is 377 g/mol. The van der Waals surface area contributed by atoms with E-state index in [1.807, 2.05) is 3.28 Å². The molecule has 0 nitrogen and oxygen atoms in total. The van der Waals surface area contributed by atoms with Crippen LogP contribution in [0.4, 0.5) is 0 Å². The molecule has 0 saturated heterocycles. The summed E-state index contributed by atoms with van der Waals surface area (Å²) in [5, 5.41) is 1.65. The average Bonchev–Trinajstić information content (AvgIpc) is 2.92. The van der Waals surface area contributed by atoms with E-state index in [1.54, 1.807) is 8.48 Å². The molecule has 1 atom stereocenters. The topological polar surface area (TPSA) is 0 Å². The van der Waals surface area contributed by atoms with Gasteiger partial charge in [-0.15, -0.1) is 0 Å². The third-order valence-electron chi connectivity index (χ3n) is 3.13. The van der Waals surface area contributed by atoms with Crippen LogP contribution in [0.15, 0.2) is 54.3 Å². The first-order valence-corrected chi connectivity index (χ1v) is 9.90. The van der Waals surface area contributed by atoms with Crippen LogP contribution in [0.5, 0.6) is 0 Å². The molecule has 0 aromatic heterocycles. The SMILES string of the molecule is C/C=C(\C)[SiH2]C1C=CC=[C]1[Zr+2][C]1=CC=CC1.[Cl-].[Cl-]. The summed E-state index contributed by atoms with van der Waals surface area (Å²) in [7, 11) is -0.0723. The zero-order chi connectivity index (χ0) is 11.4. The second kappa shape index (κ2) is 9.31. The number of halogens is 2. The molecule has 0 amide bonds. The van der Waals surface area contributed by atoms with Crippen LogP contribution in [0.1, 0.15) is 20.3 Å². The van der Waals surface area contributed by atoms with E-state index in [-0.39, 0.29) is 34.3 Å². The monoisotopic (exact) mass is 374 g/mol. The van der Waals surface area contributed by atoms with E-state index in [1.165, 1.54) is 6.42 Å². The summed E-state index contributed by atoms with van der Waals surface area (Å²) in [4.78, 5) is 0. The van der Waals surface area contributed by atoms with Gasteiger partial charge in [0.2, 0.25) is 0 Å². The number of hydrogen-bond acceptors (Lipinski definition) is 0. The molecule has 0 fully saturated rings. The number of allylic oxidation sites excluding steroid dienone is 10. The van der Waals surface area contributed by atoms with Crippen LogP contribution in [0, 0.1) is 0 Å². The largest absolute Gasteiger partial charge is 1.00 e. The fraction of sp³-hybridized carbons (Fsp3) is 0.286. The zero-order valence-electron chi connectivity index (χ0n) is 10.8. The number of rotatable bonds is 4. The third-order valence-corrected chi connectivity index (χ3v) is 10.1. The summed E-state index contributed by atoms with van der Waals surface area (Å²) in [6.45, 7) is 4.48. The summed E-state index contributed by atoms with van der Waals surface area (Å²) in [5.41, 5.74) is 0.851. The van der Waals surface area contributed by atoms with Gasteiger partial charge in [-0.05, 0) is 0 Å². The van der Waals surface area contributed by atoms with Gasteiger partial charge in [-0.2, -0.15) is 0 Å². The van der Waals surface area contributed by atoms with Crippen LogP contribution in [0.3, 0.4) is 0 Å². The molecular formula is C14H18Cl2SiZr. The van der Waals surface area contributed by atoms with Crippen molar-refractivity contribution in [3.63, 3.8) is 0 Å². The van der Waals surface area contributed by atoms with Crippen molar-refractivity contribution in [1.82, 2.24) is 0 Å². The Balaban J connectivity index is 0.00000144. The van der Waals surface area contributed by atoms with E-state index in [9.17, 15) is 0 Å². The minimum atomic E-state index is -0.424. The molecule has 2 aliphatic carbocycles. The fourth-order valence-electron chi connectivity index (χ4n) is 2.02. The summed E-state index contributed by atoms with van der Waals surface area (Å²) in [6.07, 6.45) is 17.6.